The number of thioether (sulfide) groups is 1. The van der Waals surface area contributed by atoms with Crippen molar-refractivity contribution in [3.8, 4) is 0 Å². The van der Waals surface area contributed by atoms with Crippen LogP contribution in [0.1, 0.15) is 17.1 Å². The zero-order chi connectivity index (χ0) is 11.4. The predicted molar refractivity (Wildman–Crippen MR) is 68.6 cm³/mol. The minimum atomic E-state index is 0.0886. The molecule has 2 N–H and O–H groups in total. The van der Waals surface area contributed by atoms with Crippen LogP contribution in [0.2, 0.25) is 0 Å². The molecule has 16 heavy (non-hydrogen) atoms. The third-order valence-electron chi connectivity index (χ3n) is 2.09. The second-order valence-corrected chi connectivity index (χ2v) is 5.60. The lowest BCUT2D eigenvalue weighted by Gasteiger charge is -2.17. The number of nitrogens with two attached hydrogens (primary N) is 1. The molecule has 0 bridgehead atoms. The van der Waals surface area contributed by atoms with E-state index in [0.717, 1.165) is 5.03 Å². The molecule has 0 spiro atoms. The molecule has 2 heterocycles. The zero-order valence-corrected chi connectivity index (χ0v) is 10.5. The lowest BCUT2D eigenvalue weighted by Crippen LogP contribution is -2.21. The van der Waals surface area contributed by atoms with Gasteiger partial charge in [0, 0.05) is 23.3 Å². The summed E-state index contributed by atoms with van der Waals surface area (Å²) in [6.45, 7) is 2.02. The molecule has 0 aliphatic heterocycles. The molecular formula is C11H13N3S2. The molecule has 2 aromatic heterocycles. The monoisotopic (exact) mass is 251 g/mol. The molecule has 84 valence electrons. The van der Waals surface area contributed by atoms with E-state index < -0.39 is 0 Å². The predicted octanol–water partition coefficient (Wildman–Crippen LogP) is 2.72. The van der Waals surface area contributed by atoms with E-state index in [1.54, 1.807) is 41.7 Å². The summed E-state index contributed by atoms with van der Waals surface area (Å²) >= 11 is 3.40. The summed E-state index contributed by atoms with van der Waals surface area (Å²) in [5.41, 5.74) is 6.01. The fourth-order valence-electron chi connectivity index (χ4n) is 1.35. The van der Waals surface area contributed by atoms with Gasteiger partial charge in [0.2, 0.25) is 0 Å². The van der Waals surface area contributed by atoms with Gasteiger partial charge in [-0.1, -0.05) is 17.8 Å². The number of rotatable bonds is 4. The molecule has 2 rings (SSSR count). The Morgan fingerprint density at radius 3 is 2.88 bits per heavy atom. The maximum absolute atomic E-state index is 6.01. The molecule has 0 saturated heterocycles. The van der Waals surface area contributed by atoms with Crippen LogP contribution in [0.3, 0.4) is 0 Å². The summed E-state index contributed by atoms with van der Waals surface area (Å²) in [6, 6.07) is 4.25. The van der Waals surface area contributed by atoms with Gasteiger partial charge in [0.15, 0.2) is 0 Å². The third kappa shape index (κ3) is 2.81. The molecule has 0 saturated carbocycles. The molecule has 0 radical (unpaired) electrons. The minimum absolute atomic E-state index is 0.0886. The van der Waals surface area contributed by atoms with E-state index in [4.69, 9.17) is 5.73 Å². The number of hydrogen-bond acceptors (Lipinski definition) is 5. The Morgan fingerprint density at radius 2 is 2.31 bits per heavy atom. The maximum atomic E-state index is 6.01. The first kappa shape index (κ1) is 11.6. The Hall–Kier alpha value is -0.910. The maximum Gasteiger partial charge on any atom is 0.115 e. The van der Waals surface area contributed by atoms with E-state index >= 15 is 0 Å². The Morgan fingerprint density at radius 1 is 1.44 bits per heavy atom. The highest BCUT2D eigenvalue weighted by molar-refractivity contribution is 7.99. The van der Waals surface area contributed by atoms with E-state index in [1.807, 2.05) is 13.0 Å². The first-order valence-electron chi connectivity index (χ1n) is 4.99. The van der Waals surface area contributed by atoms with Gasteiger partial charge in [-0.3, -0.25) is 4.98 Å². The van der Waals surface area contributed by atoms with Crippen molar-refractivity contribution in [2.75, 3.05) is 0 Å². The van der Waals surface area contributed by atoms with Crippen LogP contribution in [-0.2, 0) is 0 Å². The topological polar surface area (TPSA) is 51.8 Å². The van der Waals surface area contributed by atoms with Crippen LogP contribution in [-0.4, -0.2) is 16.0 Å². The lowest BCUT2D eigenvalue weighted by atomic mass is 10.2. The first-order chi connectivity index (χ1) is 7.77. The van der Waals surface area contributed by atoms with Crippen LogP contribution >= 0.6 is 23.1 Å². The summed E-state index contributed by atoms with van der Waals surface area (Å²) in [5, 5.41) is 3.23. The van der Waals surface area contributed by atoms with Crippen molar-refractivity contribution in [2.24, 2.45) is 5.73 Å². The van der Waals surface area contributed by atoms with Crippen molar-refractivity contribution in [1.29, 1.82) is 0 Å². The Bertz CT molecular complexity index is 414. The van der Waals surface area contributed by atoms with E-state index in [-0.39, 0.29) is 11.3 Å². The van der Waals surface area contributed by atoms with Gasteiger partial charge in [-0.05, 0) is 18.4 Å². The highest BCUT2D eigenvalue weighted by Gasteiger charge is 2.19. The van der Waals surface area contributed by atoms with E-state index in [9.17, 15) is 0 Å². The van der Waals surface area contributed by atoms with Crippen molar-refractivity contribution >= 4 is 23.1 Å². The molecule has 2 aromatic rings. The van der Waals surface area contributed by atoms with Crippen molar-refractivity contribution in [1.82, 2.24) is 9.97 Å². The molecule has 0 amide bonds. The molecule has 2 atom stereocenters. The van der Waals surface area contributed by atoms with Crippen LogP contribution < -0.4 is 5.73 Å². The first-order valence-corrected chi connectivity index (χ1v) is 6.75. The van der Waals surface area contributed by atoms with Gasteiger partial charge in [-0.2, -0.15) is 0 Å². The molecule has 0 aromatic carbocycles. The van der Waals surface area contributed by atoms with Gasteiger partial charge in [0.1, 0.15) is 5.03 Å². The van der Waals surface area contributed by atoms with Crippen molar-refractivity contribution < 1.29 is 0 Å². The average molecular weight is 251 g/mol. The summed E-state index contributed by atoms with van der Waals surface area (Å²) in [7, 11) is 0. The summed E-state index contributed by atoms with van der Waals surface area (Å²) in [5.74, 6) is 0. The molecular weight excluding hydrogens is 238 g/mol. The highest BCUT2D eigenvalue weighted by atomic mass is 32.2. The zero-order valence-electron chi connectivity index (χ0n) is 8.91. The van der Waals surface area contributed by atoms with Crippen LogP contribution in [0.4, 0.5) is 0 Å². The second-order valence-electron chi connectivity index (χ2n) is 3.46. The standard InChI is InChI=1S/C11H13N3S2/c1-8(12)11(9-3-2-6-15-9)16-10-7-13-4-5-14-10/h2-8,11H,12H2,1H3. The summed E-state index contributed by atoms with van der Waals surface area (Å²) in [4.78, 5) is 9.60. The molecule has 5 heteroatoms. The van der Waals surface area contributed by atoms with Gasteiger partial charge in [-0.25, -0.2) is 4.98 Å². The number of thiophene rings is 1. The fourth-order valence-corrected chi connectivity index (χ4v) is 3.40. The molecule has 2 unspecified atom stereocenters. The van der Waals surface area contributed by atoms with E-state index in [0.29, 0.717) is 0 Å². The lowest BCUT2D eigenvalue weighted by molar-refractivity contribution is 0.728. The third-order valence-corrected chi connectivity index (χ3v) is 4.58. The largest absolute Gasteiger partial charge is 0.327 e. The van der Waals surface area contributed by atoms with Crippen molar-refractivity contribution in [3.05, 3.63) is 41.0 Å². The minimum Gasteiger partial charge on any atom is -0.327 e. The summed E-state index contributed by atoms with van der Waals surface area (Å²) < 4.78 is 0. The van der Waals surface area contributed by atoms with Gasteiger partial charge < -0.3 is 5.73 Å². The Balaban J connectivity index is 2.16. The van der Waals surface area contributed by atoms with Gasteiger partial charge in [0.05, 0.1) is 11.4 Å². The quantitative estimate of drug-likeness (QED) is 0.849. The summed E-state index contributed by atoms with van der Waals surface area (Å²) in [6.07, 6.45) is 5.15. The smallest absolute Gasteiger partial charge is 0.115 e. The Kier molecular flexibility index (Phi) is 3.93. The van der Waals surface area contributed by atoms with Gasteiger partial charge >= 0.3 is 0 Å². The van der Waals surface area contributed by atoms with Gasteiger partial charge in [0.25, 0.3) is 0 Å². The normalized spacial score (nSPS) is 14.6. The second kappa shape index (κ2) is 5.43. The number of nitrogens with zero attached hydrogens (tertiary/aromatic N) is 2. The van der Waals surface area contributed by atoms with Crippen LogP contribution in [0.5, 0.6) is 0 Å². The number of aromatic nitrogens is 2. The highest BCUT2D eigenvalue weighted by Crippen LogP contribution is 2.37. The number of hydrogen-bond donors (Lipinski definition) is 1. The fraction of sp³-hybridized carbons (Fsp3) is 0.273. The van der Waals surface area contributed by atoms with Crippen molar-refractivity contribution in [2.45, 2.75) is 23.2 Å². The van der Waals surface area contributed by atoms with Gasteiger partial charge in [-0.15, -0.1) is 11.3 Å². The van der Waals surface area contributed by atoms with E-state index in [1.165, 1.54) is 4.88 Å². The SMILES string of the molecule is CC(N)C(Sc1cnccn1)c1cccs1. The van der Waals surface area contributed by atoms with Crippen molar-refractivity contribution in [3.63, 3.8) is 0 Å². The molecule has 0 fully saturated rings. The molecule has 3 nitrogen and oxygen atoms in total. The Labute approximate surface area is 103 Å². The van der Waals surface area contributed by atoms with E-state index in [2.05, 4.69) is 21.4 Å². The van der Waals surface area contributed by atoms with Crippen LogP contribution in [0, 0.1) is 0 Å². The molecule has 0 aliphatic carbocycles. The average Bonchev–Trinajstić information content (AvgIpc) is 2.80. The van der Waals surface area contributed by atoms with Crippen LogP contribution in [0.15, 0.2) is 41.1 Å². The van der Waals surface area contributed by atoms with Crippen LogP contribution in [0.25, 0.3) is 0 Å². The molecule has 0 aliphatic rings.